The number of likely N-dealkylation sites (N-methyl/N-ethyl adjacent to an activating group) is 1. The molecule has 1 heterocycles. The Labute approximate surface area is 111 Å². The average molecular weight is 306 g/mol. The van der Waals surface area contributed by atoms with E-state index in [-0.39, 0.29) is 5.60 Å². The fourth-order valence-electron chi connectivity index (χ4n) is 1.83. The van der Waals surface area contributed by atoms with Gasteiger partial charge in [-0.1, -0.05) is 0 Å². The SMILES string of the molecule is CCOC(C)(C)C(Cc1ccc(Br)s1)NC. The topological polar surface area (TPSA) is 21.3 Å². The van der Waals surface area contributed by atoms with Crippen LogP contribution in [0.5, 0.6) is 0 Å². The maximum atomic E-state index is 5.79. The number of rotatable bonds is 6. The Morgan fingerprint density at radius 2 is 2.19 bits per heavy atom. The molecule has 0 saturated carbocycles. The van der Waals surface area contributed by atoms with E-state index in [0.717, 1.165) is 13.0 Å². The third-order valence-electron chi connectivity index (χ3n) is 2.74. The van der Waals surface area contributed by atoms with E-state index in [4.69, 9.17) is 4.74 Å². The van der Waals surface area contributed by atoms with Crippen molar-refractivity contribution in [3.8, 4) is 0 Å². The van der Waals surface area contributed by atoms with Crippen LogP contribution in [0.1, 0.15) is 25.6 Å². The zero-order valence-corrected chi connectivity index (χ0v) is 12.7. The lowest BCUT2D eigenvalue weighted by atomic mass is 9.95. The van der Waals surface area contributed by atoms with Gasteiger partial charge in [0.1, 0.15) is 0 Å². The van der Waals surface area contributed by atoms with Crippen molar-refractivity contribution >= 4 is 27.3 Å². The molecule has 0 aliphatic carbocycles. The summed E-state index contributed by atoms with van der Waals surface area (Å²) in [6, 6.07) is 4.60. The zero-order valence-electron chi connectivity index (χ0n) is 10.3. The summed E-state index contributed by atoms with van der Waals surface area (Å²) in [5.41, 5.74) is -0.139. The fourth-order valence-corrected chi connectivity index (χ4v) is 3.36. The molecule has 0 fully saturated rings. The van der Waals surface area contributed by atoms with Crippen LogP contribution >= 0.6 is 27.3 Å². The van der Waals surface area contributed by atoms with Crippen molar-refractivity contribution in [2.75, 3.05) is 13.7 Å². The monoisotopic (exact) mass is 305 g/mol. The van der Waals surface area contributed by atoms with Gasteiger partial charge in [-0.2, -0.15) is 0 Å². The van der Waals surface area contributed by atoms with Crippen LogP contribution in [0, 0.1) is 0 Å². The normalized spacial score (nSPS) is 14.1. The minimum absolute atomic E-state index is 0.139. The highest BCUT2D eigenvalue weighted by molar-refractivity contribution is 9.11. The van der Waals surface area contributed by atoms with Crippen LogP contribution in [-0.4, -0.2) is 25.3 Å². The summed E-state index contributed by atoms with van der Waals surface area (Å²) in [6.45, 7) is 7.07. The highest BCUT2D eigenvalue weighted by atomic mass is 79.9. The second-order valence-electron chi connectivity index (χ2n) is 4.29. The lowest BCUT2D eigenvalue weighted by Gasteiger charge is -2.33. The Kier molecular flexibility index (Phi) is 5.44. The van der Waals surface area contributed by atoms with E-state index in [1.54, 1.807) is 11.3 Å². The van der Waals surface area contributed by atoms with Gasteiger partial charge in [0.15, 0.2) is 0 Å². The van der Waals surface area contributed by atoms with Crippen LogP contribution in [0.3, 0.4) is 0 Å². The van der Waals surface area contributed by atoms with Crippen molar-refractivity contribution in [2.24, 2.45) is 0 Å². The maximum absolute atomic E-state index is 5.79. The fraction of sp³-hybridized carbons (Fsp3) is 0.667. The van der Waals surface area contributed by atoms with Crippen LogP contribution in [0.15, 0.2) is 15.9 Å². The Balaban J connectivity index is 2.68. The highest BCUT2D eigenvalue weighted by Gasteiger charge is 2.29. The molecule has 0 aromatic carbocycles. The lowest BCUT2D eigenvalue weighted by molar-refractivity contribution is -0.0361. The van der Waals surface area contributed by atoms with Crippen LogP contribution in [0.2, 0.25) is 0 Å². The van der Waals surface area contributed by atoms with Crippen molar-refractivity contribution in [1.82, 2.24) is 5.32 Å². The van der Waals surface area contributed by atoms with Gasteiger partial charge in [0.2, 0.25) is 0 Å². The number of hydrogen-bond acceptors (Lipinski definition) is 3. The summed E-state index contributed by atoms with van der Waals surface area (Å²) in [5.74, 6) is 0. The molecule has 0 amide bonds. The molecule has 1 atom stereocenters. The molecular weight excluding hydrogens is 286 g/mol. The zero-order chi connectivity index (χ0) is 12.2. The molecule has 0 bridgehead atoms. The van der Waals surface area contributed by atoms with Gasteiger partial charge in [-0.15, -0.1) is 11.3 Å². The molecule has 4 heteroatoms. The molecule has 92 valence electrons. The van der Waals surface area contributed by atoms with Crippen molar-refractivity contribution in [3.63, 3.8) is 0 Å². The first kappa shape index (κ1) is 14.2. The predicted molar refractivity (Wildman–Crippen MR) is 74.3 cm³/mol. The van der Waals surface area contributed by atoms with Crippen molar-refractivity contribution < 1.29 is 4.74 Å². The number of nitrogens with one attached hydrogen (secondary N) is 1. The van der Waals surface area contributed by atoms with Crippen LogP contribution in [-0.2, 0) is 11.2 Å². The van der Waals surface area contributed by atoms with E-state index in [2.05, 4.69) is 47.2 Å². The molecule has 1 aromatic heterocycles. The molecule has 0 aliphatic rings. The Hall–Kier alpha value is 0.1000. The van der Waals surface area contributed by atoms with Crippen molar-refractivity contribution in [3.05, 3.63) is 20.8 Å². The van der Waals surface area contributed by atoms with Gasteiger partial charge in [0, 0.05) is 17.5 Å². The van der Waals surface area contributed by atoms with Crippen molar-refractivity contribution in [1.29, 1.82) is 0 Å². The van der Waals surface area contributed by atoms with Gasteiger partial charge in [-0.25, -0.2) is 0 Å². The van der Waals surface area contributed by atoms with E-state index in [1.807, 2.05) is 14.0 Å². The number of ether oxygens (including phenoxy) is 1. The second kappa shape index (κ2) is 6.15. The summed E-state index contributed by atoms with van der Waals surface area (Å²) in [4.78, 5) is 1.37. The van der Waals surface area contributed by atoms with Gasteiger partial charge in [0.25, 0.3) is 0 Å². The Bertz CT molecular complexity index is 325. The molecule has 16 heavy (non-hydrogen) atoms. The second-order valence-corrected chi connectivity index (χ2v) is 6.84. The summed E-state index contributed by atoms with van der Waals surface area (Å²) >= 11 is 5.28. The minimum atomic E-state index is -0.139. The smallest absolute Gasteiger partial charge is 0.0782 e. The molecule has 1 rings (SSSR count). The van der Waals surface area contributed by atoms with Gasteiger partial charge in [-0.3, -0.25) is 0 Å². The van der Waals surface area contributed by atoms with Gasteiger partial charge in [0.05, 0.1) is 9.39 Å². The molecule has 0 aliphatic heterocycles. The van der Waals surface area contributed by atoms with E-state index >= 15 is 0 Å². The Morgan fingerprint density at radius 3 is 2.62 bits per heavy atom. The molecule has 0 radical (unpaired) electrons. The predicted octanol–water partition coefficient (Wildman–Crippen LogP) is 3.46. The number of halogens is 1. The van der Waals surface area contributed by atoms with E-state index in [9.17, 15) is 0 Å². The maximum Gasteiger partial charge on any atom is 0.0782 e. The highest BCUT2D eigenvalue weighted by Crippen LogP contribution is 2.26. The summed E-state index contributed by atoms with van der Waals surface area (Å²) in [7, 11) is 1.99. The standard InChI is InChI=1S/C12H20BrNOS/c1-5-15-12(2,3)10(14-4)8-9-6-7-11(13)16-9/h6-7,10,14H,5,8H2,1-4H3. The molecule has 1 unspecified atom stereocenters. The first-order valence-electron chi connectivity index (χ1n) is 5.55. The van der Waals surface area contributed by atoms with E-state index in [1.165, 1.54) is 8.66 Å². The number of hydrogen-bond donors (Lipinski definition) is 1. The van der Waals surface area contributed by atoms with Crippen LogP contribution in [0.25, 0.3) is 0 Å². The summed E-state index contributed by atoms with van der Waals surface area (Å²) in [5, 5.41) is 3.35. The van der Waals surface area contributed by atoms with E-state index < -0.39 is 0 Å². The van der Waals surface area contributed by atoms with E-state index in [0.29, 0.717) is 6.04 Å². The third kappa shape index (κ3) is 3.84. The van der Waals surface area contributed by atoms with Crippen LogP contribution in [0.4, 0.5) is 0 Å². The number of thiophene rings is 1. The first-order chi connectivity index (χ1) is 7.49. The molecule has 0 spiro atoms. The molecule has 1 N–H and O–H groups in total. The molecular formula is C12H20BrNOS. The minimum Gasteiger partial charge on any atom is -0.374 e. The summed E-state index contributed by atoms with van der Waals surface area (Å²) < 4.78 is 6.98. The largest absolute Gasteiger partial charge is 0.374 e. The third-order valence-corrected chi connectivity index (χ3v) is 4.38. The average Bonchev–Trinajstić information content (AvgIpc) is 2.60. The molecule has 0 saturated heterocycles. The molecule has 2 nitrogen and oxygen atoms in total. The van der Waals surface area contributed by atoms with Gasteiger partial charge >= 0.3 is 0 Å². The molecule has 1 aromatic rings. The quantitative estimate of drug-likeness (QED) is 0.869. The van der Waals surface area contributed by atoms with Gasteiger partial charge < -0.3 is 10.1 Å². The van der Waals surface area contributed by atoms with Crippen LogP contribution < -0.4 is 5.32 Å². The lowest BCUT2D eigenvalue weighted by Crippen LogP contribution is -2.48. The first-order valence-corrected chi connectivity index (χ1v) is 7.16. The Morgan fingerprint density at radius 1 is 1.50 bits per heavy atom. The van der Waals surface area contributed by atoms with Crippen molar-refractivity contribution in [2.45, 2.75) is 38.8 Å². The summed E-state index contributed by atoms with van der Waals surface area (Å²) in [6.07, 6.45) is 1.000. The van der Waals surface area contributed by atoms with Gasteiger partial charge in [-0.05, 0) is 62.3 Å².